The number of ether oxygens (including phenoxy) is 3. The molecular formula is C24H44O11. The molecule has 0 aliphatic carbocycles. The molecule has 6 N–H and O–H groups in total. The molecule has 0 aromatic rings. The second-order valence-corrected chi connectivity index (χ2v) is 9.25. The molecule has 1 saturated heterocycles. The molecule has 0 aromatic carbocycles. The van der Waals surface area contributed by atoms with Gasteiger partial charge in [-0.15, -0.1) is 0 Å². The highest BCUT2D eigenvalue weighted by Crippen LogP contribution is 2.26. The van der Waals surface area contributed by atoms with E-state index in [0.717, 1.165) is 38.5 Å². The van der Waals surface area contributed by atoms with Crippen LogP contribution in [-0.4, -0.2) is 98.2 Å². The van der Waals surface area contributed by atoms with Crippen LogP contribution in [0.15, 0.2) is 0 Å². The number of rotatable bonds is 18. The number of carbonyl (C=O) groups excluding carboxylic acids is 1. The van der Waals surface area contributed by atoms with Crippen molar-refractivity contribution < 1.29 is 54.4 Å². The summed E-state index contributed by atoms with van der Waals surface area (Å²) in [6, 6.07) is 0. The molecule has 1 aliphatic heterocycles. The highest BCUT2D eigenvalue weighted by atomic mass is 16.7. The number of carboxylic acids is 1. The Labute approximate surface area is 207 Å². The quantitative estimate of drug-likeness (QED) is 0.114. The molecule has 1 fully saturated rings. The van der Waals surface area contributed by atoms with Crippen molar-refractivity contribution in [2.24, 2.45) is 0 Å². The number of carbonyl (C=O) groups is 2. The van der Waals surface area contributed by atoms with Crippen LogP contribution in [0.1, 0.15) is 84.5 Å². The van der Waals surface area contributed by atoms with Gasteiger partial charge in [-0.3, -0.25) is 9.59 Å². The molecule has 11 nitrogen and oxygen atoms in total. The number of unbranched alkanes of at least 4 members (excludes halogenated alkanes) is 4. The third-order valence-electron chi connectivity index (χ3n) is 6.07. The van der Waals surface area contributed by atoms with Crippen LogP contribution in [0.5, 0.6) is 0 Å². The lowest BCUT2D eigenvalue weighted by Crippen LogP contribution is -2.59. The predicted molar refractivity (Wildman–Crippen MR) is 124 cm³/mol. The minimum absolute atomic E-state index is 0.0112. The first kappa shape index (κ1) is 31.7. The molecule has 2 unspecified atom stereocenters. The van der Waals surface area contributed by atoms with Gasteiger partial charge in [-0.05, 0) is 19.3 Å². The molecule has 1 heterocycles. The third kappa shape index (κ3) is 12.0. The van der Waals surface area contributed by atoms with Crippen LogP contribution in [0.2, 0.25) is 0 Å². The molecule has 0 saturated carbocycles. The van der Waals surface area contributed by atoms with Crippen LogP contribution < -0.4 is 0 Å². The van der Waals surface area contributed by atoms with E-state index >= 15 is 0 Å². The lowest BCUT2D eigenvalue weighted by atomic mass is 9.98. The number of aliphatic hydroxyl groups is 5. The maximum Gasteiger partial charge on any atom is 0.308 e. The predicted octanol–water partition coefficient (Wildman–Crippen LogP) is 0.860. The summed E-state index contributed by atoms with van der Waals surface area (Å²) in [5.74, 6) is -1.78. The summed E-state index contributed by atoms with van der Waals surface area (Å²) in [6.07, 6.45) is -4.58. The second kappa shape index (κ2) is 17.2. The fraction of sp³-hybridized carbons (Fsp3) is 0.917. The van der Waals surface area contributed by atoms with Crippen molar-refractivity contribution in [3.8, 4) is 0 Å². The number of esters is 1. The number of hydrogen-bond acceptors (Lipinski definition) is 10. The maximum atomic E-state index is 12.4. The van der Waals surface area contributed by atoms with E-state index in [1.165, 1.54) is 0 Å². The minimum Gasteiger partial charge on any atom is -0.481 e. The van der Waals surface area contributed by atoms with Gasteiger partial charge >= 0.3 is 11.9 Å². The zero-order chi connectivity index (χ0) is 26.4. The average Bonchev–Trinajstić information content (AvgIpc) is 2.79. The fourth-order valence-electron chi connectivity index (χ4n) is 4.05. The Balaban J connectivity index is 2.85. The van der Waals surface area contributed by atoms with Crippen molar-refractivity contribution in [3.05, 3.63) is 0 Å². The summed E-state index contributed by atoms with van der Waals surface area (Å²) in [5, 5.41) is 59.0. The van der Waals surface area contributed by atoms with Crippen molar-refractivity contribution in [1.82, 2.24) is 0 Å². The van der Waals surface area contributed by atoms with E-state index in [-0.39, 0.29) is 12.8 Å². The molecule has 206 valence electrons. The van der Waals surface area contributed by atoms with Gasteiger partial charge in [-0.1, -0.05) is 46.0 Å². The Kier molecular flexibility index (Phi) is 15.5. The Morgan fingerprint density at radius 3 is 2.09 bits per heavy atom. The third-order valence-corrected chi connectivity index (χ3v) is 6.07. The van der Waals surface area contributed by atoms with Gasteiger partial charge in [0.05, 0.1) is 31.7 Å². The second-order valence-electron chi connectivity index (χ2n) is 9.25. The van der Waals surface area contributed by atoms with Gasteiger partial charge < -0.3 is 44.8 Å². The van der Waals surface area contributed by atoms with Crippen LogP contribution >= 0.6 is 0 Å². The fourth-order valence-corrected chi connectivity index (χ4v) is 4.05. The number of hydrogen-bond donors (Lipinski definition) is 6. The molecule has 0 spiro atoms. The van der Waals surface area contributed by atoms with Crippen LogP contribution in [0.25, 0.3) is 0 Å². The van der Waals surface area contributed by atoms with Crippen molar-refractivity contribution in [1.29, 1.82) is 0 Å². The summed E-state index contributed by atoms with van der Waals surface area (Å²) in [6.45, 7) is 3.41. The van der Waals surface area contributed by atoms with E-state index in [2.05, 4.69) is 0 Å². The van der Waals surface area contributed by atoms with E-state index in [4.69, 9.17) is 14.2 Å². The van der Waals surface area contributed by atoms with Gasteiger partial charge in [0.2, 0.25) is 0 Å². The number of carboxylic acid groups (broad SMARTS) is 1. The van der Waals surface area contributed by atoms with Crippen molar-refractivity contribution in [2.75, 3.05) is 6.61 Å². The Morgan fingerprint density at radius 1 is 0.886 bits per heavy atom. The molecule has 35 heavy (non-hydrogen) atoms. The smallest absolute Gasteiger partial charge is 0.308 e. The van der Waals surface area contributed by atoms with Gasteiger partial charge in [0.15, 0.2) is 6.29 Å². The number of aliphatic carboxylic acids is 1. The molecule has 11 heteroatoms. The van der Waals surface area contributed by atoms with Gasteiger partial charge in [0.25, 0.3) is 0 Å². The summed E-state index contributed by atoms with van der Waals surface area (Å²) in [7, 11) is 0. The minimum atomic E-state index is -1.68. The van der Waals surface area contributed by atoms with E-state index < -0.39 is 74.0 Å². The van der Waals surface area contributed by atoms with E-state index in [0.29, 0.717) is 12.8 Å². The summed E-state index contributed by atoms with van der Waals surface area (Å²) in [5.41, 5.74) is 0. The van der Waals surface area contributed by atoms with Crippen LogP contribution in [0.3, 0.4) is 0 Å². The first-order valence-electron chi connectivity index (χ1n) is 12.7. The maximum absolute atomic E-state index is 12.4. The monoisotopic (exact) mass is 508 g/mol. The Hall–Kier alpha value is -1.34. The van der Waals surface area contributed by atoms with E-state index in [9.17, 15) is 40.2 Å². The van der Waals surface area contributed by atoms with Gasteiger partial charge in [-0.2, -0.15) is 0 Å². The average molecular weight is 509 g/mol. The largest absolute Gasteiger partial charge is 0.481 e. The summed E-state index contributed by atoms with van der Waals surface area (Å²) < 4.78 is 16.6. The molecule has 8 atom stereocenters. The molecular weight excluding hydrogens is 464 g/mol. The SMILES string of the molecule is CCCCCC(O)CC(=O)OC(CCCCC)C[C@H](CC(=O)O)O[C@@H]1O[C@H](CO)[C@@H](O)[C@H](O)[C@@H]1O. The molecule has 0 aromatic heterocycles. The molecule has 0 bridgehead atoms. The first-order chi connectivity index (χ1) is 16.6. The standard InChI is InChI=1S/C24H44O11/c1-3-5-7-9-15(26)11-20(29)33-16(10-8-6-4-2)12-17(13-19(27)28)34-24-23(32)22(31)21(30)18(14-25)35-24/h15-18,21-26,30-32H,3-14H2,1-2H3,(H,27,28)/t15?,16?,17-,18-,21-,22+,23+,24-/m1/s1. The van der Waals surface area contributed by atoms with Crippen molar-refractivity contribution >= 4 is 11.9 Å². The van der Waals surface area contributed by atoms with Crippen molar-refractivity contribution in [3.63, 3.8) is 0 Å². The Morgan fingerprint density at radius 2 is 1.51 bits per heavy atom. The van der Waals surface area contributed by atoms with Gasteiger partial charge in [0, 0.05) is 6.42 Å². The van der Waals surface area contributed by atoms with Gasteiger partial charge in [-0.25, -0.2) is 0 Å². The molecule has 1 rings (SSSR count). The normalized spacial score (nSPS) is 27.2. The molecule has 1 aliphatic rings. The van der Waals surface area contributed by atoms with E-state index in [1.54, 1.807) is 0 Å². The van der Waals surface area contributed by atoms with Crippen LogP contribution in [-0.2, 0) is 23.8 Å². The lowest BCUT2D eigenvalue weighted by molar-refractivity contribution is -0.312. The van der Waals surface area contributed by atoms with Crippen molar-refractivity contribution in [2.45, 2.75) is 133 Å². The van der Waals surface area contributed by atoms with Crippen LogP contribution in [0.4, 0.5) is 0 Å². The topological polar surface area (TPSA) is 183 Å². The van der Waals surface area contributed by atoms with Crippen LogP contribution in [0, 0.1) is 0 Å². The highest BCUT2D eigenvalue weighted by Gasteiger charge is 2.45. The molecule has 0 amide bonds. The number of aliphatic hydroxyl groups excluding tert-OH is 5. The molecule has 0 radical (unpaired) electrons. The van der Waals surface area contributed by atoms with E-state index in [1.807, 2.05) is 13.8 Å². The zero-order valence-corrected chi connectivity index (χ0v) is 20.8. The highest BCUT2D eigenvalue weighted by molar-refractivity contribution is 5.70. The first-order valence-corrected chi connectivity index (χ1v) is 12.7. The zero-order valence-electron chi connectivity index (χ0n) is 20.8. The summed E-state index contributed by atoms with van der Waals surface area (Å²) >= 11 is 0. The lowest BCUT2D eigenvalue weighted by Gasteiger charge is -2.41. The summed E-state index contributed by atoms with van der Waals surface area (Å²) in [4.78, 5) is 23.9. The Bertz CT molecular complexity index is 600. The van der Waals surface area contributed by atoms with Gasteiger partial charge in [0.1, 0.15) is 30.5 Å².